The molecule has 0 aliphatic carbocycles. The molecule has 0 aromatic carbocycles. The molecule has 125 valence electrons. The van der Waals surface area contributed by atoms with Crippen LogP contribution in [0, 0.1) is 0 Å². The molecule has 1 fully saturated rings. The molecule has 7 nitrogen and oxygen atoms in total. The van der Waals surface area contributed by atoms with Crippen molar-refractivity contribution in [2.24, 2.45) is 0 Å². The first-order valence-electron chi connectivity index (χ1n) is 6.96. The van der Waals surface area contributed by atoms with Gasteiger partial charge in [-0.2, -0.15) is 0 Å². The molecule has 1 saturated heterocycles. The molecule has 12 heteroatoms. The zero-order valence-corrected chi connectivity index (χ0v) is 19.2. The van der Waals surface area contributed by atoms with Crippen molar-refractivity contribution in [1.29, 1.82) is 0 Å². The van der Waals surface area contributed by atoms with E-state index in [0.717, 1.165) is 6.04 Å². The van der Waals surface area contributed by atoms with Crippen molar-refractivity contribution in [1.82, 2.24) is 0 Å². The molecule has 1 heterocycles. The molecule has 0 saturated carbocycles. The fourth-order valence-corrected chi connectivity index (χ4v) is 19.5. The van der Waals surface area contributed by atoms with Gasteiger partial charge in [0.05, 0.1) is 0 Å². The Hall–Kier alpha value is 0.804. The van der Waals surface area contributed by atoms with E-state index in [2.05, 4.69) is 6.55 Å². The summed E-state index contributed by atoms with van der Waals surface area (Å²) in [4.78, 5) is 0. The fraction of sp³-hybridized carbons (Fsp3) is 1.00. The van der Waals surface area contributed by atoms with Gasteiger partial charge < -0.3 is 29.7 Å². The van der Waals surface area contributed by atoms with Crippen LogP contribution in [-0.2, 0) is 29.7 Å². The minimum Gasteiger partial charge on any atom is -0.418 e. The van der Waals surface area contributed by atoms with Crippen LogP contribution in [0.2, 0.25) is 38.3 Å². The molecule has 2 unspecified atom stereocenters. The molecule has 1 radical (unpaired) electrons. The molecular weight excluding hydrogens is 361 g/mol. The Kier molecular flexibility index (Phi) is 8.13. The molecule has 1 aliphatic heterocycles. The van der Waals surface area contributed by atoms with Crippen LogP contribution >= 0.6 is 0 Å². The maximum atomic E-state index is 6.22. The Balaban J connectivity index is 2.73. The van der Waals surface area contributed by atoms with E-state index in [1.54, 1.807) is 21.3 Å². The van der Waals surface area contributed by atoms with Crippen molar-refractivity contribution in [3.05, 3.63) is 0 Å². The van der Waals surface area contributed by atoms with Gasteiger partial charge in [0.15, 0.2) is 0 Å². The minimum atomic E-state index is -2.60. The van der Waals surface area contributed by atoms with Crippen molar-refractivity contribution in [3.63, 3.8) is 0 Å². The van der Waals surface area contributed by atoms with Crippen LogP contribution in [0.3, 0.4) is 0 Å². The highest BCUT2D eigenvalue weighted by Gasteiger charge is 2.45. The fourth-order valence-electron chi connectivity index (χ4n) is 2.33. The lowest BCUT2D eigenvalue weighted by atomic mass is 10.9. The highest BCUT2D eigenvalue weighted by molar-refractivity contribution is 6.81. The average Bonchev–Trinajstić information content (AvgIpc) is 2.38. The molecule has 0 aromatic rings. The van der Waals surface area contributed by atoms with Gasteiger partial charge in [0.1, 0.15) is 0 Å². The van der Waals surface area contributed by atoms with Crippen molar-refractivity contribution in [2.45, 2.75) is 38.3 Å². The van der Waals surface area contributed by atoms with E-state index >= 15 is 0 Å². The number of rotatable bonds is 6. The Bertz CT molecular complexity index is 297. The van der Waals surface area contributed by atoms with E-state index in [1.807, 2.05) is 19.6 Å². The first-order chi connectivity index (χ1) is 9.78. The number of hydrogen-bond donors (Lipinski definition) is 0. The highest BCUT2D eigenvalue weighted by Crippen LogP contribution is 2.26. The van der Waals surface area contributed by atoms with Crippen molar-refractivity contribution < 1.29 is 29.7 Å². The first kappa shape index (κ1) is 19.9. The van der Waals surface area contributed by atoms with Gasteiger partial charge in [-0.3, -0.25) is 0 Å². The van der Waals surface area contributed by atoms with Crippen molar-refractivity contribution in [3.8, 4) is 0 Å². The second-order valence-corrected chi connectivity index (χ2v) is 17.9. The predicted octanol–water partition coefficient (Wildman–Crippen LogP) is 0.835. The molecular formula is C9H27O7Si5. The summed E-state index contributed by atoms with van der Waals surface area (Å²) in [7, 11) is -4.75. The van der Waals surface area contributed by atoms with Gasteiger partial charge in [-0.15, -0.1) is 0 Å². The van der Waals surface area contributed by atoms with Gasteiger partial charge in [0.25, 0.3) is 18.6 Å². The second kappa shape index (κ2) is 8.60. The molecule has 0 bridgehead atoms. The quantitative estimate of drug-likeness (QED) is 0.626. The van der Waals surface area contributed by atoms with Gasteiger partial charge >= 0.3 is 26.6 Å². The van der Waals surface area contributed by atoms with Gasteiger partial charge in [0.2, 0.25) is 0 Å². The molecule has 0 aromatic heterocycles. The highest BCUT2D eigenvalue weighted by atomic mass is 28.5. The molecule has 0 spiro atoms. The molecule has 1 aliphatic rings. The summed E-state index contributed by atoms with van der Waals surface area (Å²) in [6.45, 7) is 8.11. The Labute approximate surface area is 134 Å². The normalized spacial score (nSPS) is 32.7. The third-order valence-electron chi connectivity index (χ3n) is 3.31. The van der Waals surface area contributed by atoms with Crippen LogP contribution in [0.1, 0.15) is 0 Å². The largest absolute Gasteiger partial charge is 0.500 e. The smallest absolute Gasteiger partial charge is 0.418 e. The maximum Gasteiger partial charge on any atom is 0.500 e. The van der Waals surface area contributed by atoms with E-state index in [0.29, 0.717) is 6.04 Å². The minimum absolute atomic E-state index is 0.672. The van der Waals surface area contributed by atoms with Crippen LogP contribution in [0.15, 0.2) is 0 Å². The molecule has 21 heavy (non-hydrogen) atoms. The lowest BCUT2D eigenvalue weighted by Gasteiger charge is -2.37. The van der Waals surface area contributed by atoms with Crippen LogP contribution in [0.25, 0.3) is 0 Å². The van der Waals surface area contributed by atoms with Crippen LogP contribution in [-0.4, -0.2) is 66.5 Å². The summed E-state index contributed by atoms with van der Waals surface area (Å²) in [6, 6.07) is 1.42. The first-order valence-corrected chi connectivity index (χ1v) is 17.4. The van der Waals surface area contributed by atoms with Gasteiger partial charge in [-0.25, -0.2) is 0 Å². The molecule has 0 N–H and O–H groups in total. The third-order valence-corrected chi connectivity index (χ3v) is 19.7. The lowest BCUT2D eigenvalue weighted by molar-refractivity contribution is 0.124. The topological polar surface area (TPSA) is 64.6 Å². The van der Waals surface area contributed by atoms with E-state index in [-0.39, 0.29) is 0 Å². The zero-order valence-electron chi connectivity index (χ0n) is 13.9. The van der Waals surface area contributed by atoms with E-state index in [1.165, 1.54) is 0 Å². The van der Waals surface area contributed by atoms with E-state index < -0.39 is 45.2 Å². The Morgan fingerprint density at radius 3 is 1.81 bits per heavy atom. The summed E-state index contributed by atoms with van der Waals surface area (Å²) < 4.78 is 40.6. The maximum absolute atomic E-state index is 6.22. The predicted molar refractivity (Wildman–Crippen MR) is 90.0 cm³/mol. The summed E-state index contributed by atoms with van der Waals surface area (Å²) in [6.07, 6.45) is 0. The van der Waals surface area contributed by atoms with Crippen LogP contribution < -0.4 is 0 Å². The van der Waals surface area contributed by atoms with Gasteiger partial charge in [-0.1, -0.05) is 0 Å². The molecule has 1 rings (SSSR count). The standard InChI is InChI=1S/C9H27O7Si5/c1-10-21(11-2,12-3)9-8-20(7)15-18(5)13-17(4)14-19(6)16-20/h18-19H,8-9H2,1-7H3. The summed E-state index contributed by atoms with van der Waals surface area (Å²) >= 11 is 0. The monoisotopic (exact) mass is 387 g/mol. The molecule has 0 amide bonds. The summed E-state index contributed by atoms with van der Waals surface area (Å²) in [5, 5.41) is 0. The van der Waals surface area contributed by atoms with Gasteiger partial charge in [0, 0.05) is 27.4 Å². The van der Waals surface area contributed by atoms with Crippen molar-refractivity contribution >= 4 is 45.2 Å². The Morgan fingerprint density at radius 2 is 1.43 bits per heavy atom. The SMILES string of the molecule is CO[Si](CC[Si]1(C)O[SiH](C)O[Si](C)O[SiH](C)O1)(OC)OC. The van der Waals surface area contributed by atoms with E-state index in [9.17, 15) is 0 Å². The number of hydrogen-bond acceptors (Lipinski definition) is 7. The lowest BCUT2D eigenvalue weighted by Crippen LogP contribution is -2.54. The van der Waals surface area contributed by atoms with Crippen LogP contribution in [0.5, 0.6) is 0 Å². The van der Waals surface area contributed by atoms with Crippen LogP contribution in [0.4, 0.5) is 0 Å². The average molecular weight is 388 g/mol. The second-order valence-electron chi connectivity index (χ2n) is 5.03. The zero-order chi connectivity index (χ0) is 16.1. The molecule has 2 atom stereocenters. The van der Waals surface area contributed by atoms with Crippen molar-refractivity contribution in [2.75, 3.05) is 21.3 Å². The Morgan fingerprint density at radius 1 is 1.00 bits per heavy atom. The van der Waals surface area contributed by atoms with E-state index in [4.69, 9.17) is 29.7 Å². The third kappa shape index (κ3) is 6.07. The van der Waals surface area contributed by atoms with Gasteiger partial charge in [-0.05, 0) is 32.2 Å². The summed E-state index contributed by atoms with van der Waals surface area (Å²) in [5.41, 5.74) is 0. The summed E-state index contributed by atoms with van der Waals surface area (Å²) in [5.74, 6) is 0.